The molecule has 0 spiro atoms. The van der Waals surface area contributed by atoms with Crippen LogP contribution in [-0.4, -0.2) is 48.5 Å². The number of halogens is 1. The molecule has 1 aliphatic rings. The Labute approximate surface area is 227 Å². The predicted octanol–water partition coefficient (Wildman–Crippen LogP) is 2.21. The smallest absolute Gasteiger partial charge is 0.289 e. The maximum Gasteiger partial charge on any atom is 0.289 e. The van der Waals surface area contributed by atoms with Crippen LogP contribution in [0.5, 0.6) is 0 Å². The van der Waals surface area contributed by atoms with Crippen LogP contribution < -0.4 is 21.3 Å². The Hall–Kier alpha value is -3.99. The number of rotatable bonds is 10. The topological polar surface area (TPSA) is 147 Å². The number of piperidine rings is 1. The van der Waals surface area contributed by atoms with Crippen LogP contribution in [0.2, 0.25) is 0 Å². The lowest BCUT2D eigenvalue weighted by Gasteiger charge is -2.26. The summed E-state index contributed by atoms with van der Waals surface area (Å²) >= 11 is 3.36. The van der Waals surface area contributed by atoms with E-state index in [0.717, 1.165) is 12.0 Å². The average Bonchev–Trinajstić information content (AvgIpc) is 3.37. The lowest BCUT2D eigenvalue weighted by atomic mass is 9.90. The van der Waals surface area contributed by atoms with Gasteiger partial charge in [0.05, 0.1) is 17.1 Å². The molecule has 38 heavy (non-hydrogen) atoms. The number of para-hydroxylation sites is 1. The maximum atomic E-state index is 13.0. The summed E-state index contributed by atoms with van der Waals surface area (Å²) in [4.78, 5) is 63.2. The van der Waals surface area contributed by atoms with Crippen molar-refractivity contribution in [2.24, 2.45) is 5.92 Å². The van der Waals surface area contributed by atoms with Crippen LogP contribution in [0.25, 0.3) is 11.0 Å². The maximum absolute atomic E-state index is 13.0. The third-order valence-electron chi connectivity index (χ3n) is 6.22. The van der Waals surface area contributed by atoms with E-state index in [1.165, 1.54) is 0 Å². The fraction of sp³-hybridized carbons (Fsp3) is 0.296. The number of ketones is 1. The van der Waals surface area contributed by atoms with Gasteiger partial charge >= 0.3 is 0 Å². The minimum atomic E-state index is -1.23. The van der Waals surface area contributed by atoms with Gasteiger partial charge in [-0.25, -0.2) is 0 Å². The molecule has 0 radical (unpaired) electrons. The second-order valence-corrected chi connectivity index (χ2v) is 9.82. The molecule has 1 saturated heterocycles. The molecule has 0 saturated carbocycles. The van der Waals surface area contributed by atoms with Crippen LogP contribution in [0.15, 0.2) is 63.5 Å². The molecular formula is C27H27BrN4O6. The first-order chi connectivity index (χ1) is 18.3. The van der Waals surface area contributed by atoms with Gasteiger partial charge in [0.2, 0.25) is 17.6 Å². The van der Waals surface area contributed by atoms with Crippen LogP contribution in [0.3, 0.4) is 0 Å². The standard InChI is InChI=1S/C27H27BrN4O6/c28-19-10-4-8-17-13-21(38-24(17)19)26(36)31-15-22(33)32-20(12-18-9-5-11-29-25(18)35)23(34)27(37)30-14-16-6-2-1-3-7-16/h1-4,6-8,10,13,18,20H,5,9,11-12,14-15H2,(H,29,35)(H,30,37)(H,31,36)(H,32,33)/t18-,20-/m0/s1. The fourth-order valence-electron chi connectivity index (χ4n) is 4.23. The van der Waals surface area contributed by atoms with Gasteiger partial charge in [0.25, 0.3) is 11.8 Å². The van der Waals surface area contributed by atoms with Crippen LogP contribution in [0.4, 0.5) is 0 Å². The number of carbonyl (C=O) groups is 5. The quantitative estimate of drug-likeness (QED) is 0.269. The first-order valence-electron chi connectivity index (χ1n) is 12.2. The number of fused-ring (bicyclic) bond motifs is 1. The third kappa shape index (κ3) is 6.86. The van der Waals surface area contributed by atoms with E-state index in [0.29, 0.717) is 28.4 Å². The molecule has 0 aliphatic carbocycles. The van der Waals surface area contributed by atoms with E-state index in [9.17, 15) is 24.0 Å². The Balaban J connectivity index is 1.38. The van der Waals surface area contributed by atoms with E-state index < -0.39 is 42.0 Å². The van der Waals surface area contributed by atoms with E-state index in [4.69, 9.17) is 4.42 Å². The Morgan fingerprint density at radius 3 is 2.58 bits per heavy atom. The number of carbonyl (C=O) groups excluding carboxylic acids is 5. The fourth-order valence-corrected chi connectivity index (χ4v) is 4.69. The minimum Gasteiger partial charge on any atom is -0.450 e. The molecule has 4 rings (SSSR count). The number of hydrogen-bond donors (Lipinski definition) is 4. The molecule has 1 aliphatic heterocycles. The van der Waals surface area contributed by atoms with Crippen molar-refractivity contribution in [2.45, 2.75) is 31.8 Å². The summed E-state index contributed by atoms with van der Waals surface area (Å²) in [5.41, 5.74) is 1.31. The van der Waals surface area contributed by atoms with Crippen LogP contribution >= 0.6 is 15.9 Å². The van der Waals surface area contributed by atoms with Crippen LogP contribution in [0.1, 0.15) is 35.4 Å². The zero-order chi connectivity index (χ0) is 27.1. The van der Waals surface area contributed by atoms with Crippen molar-refractivity contribution in [1.82, 2.24) is 21.3 Å². The van der Waals surface area contributed by atoms with Gasteiger partial charge in [-0.2, -0.15) is 0 Å². The molecule has 2 atom stereocenters. The SMILES string of the molecule is O=C(CNC(=O)c1cc2cccc(Br)c2o1)N[C@@H](C[C@@H]1CCCNC1=O)C(=O)C(=O)NCc1ccccc1. The van der Waals surface area contributed by atoms with Crippen molar-refractivity contribution in [3.63, 3.8) is 0 Å². The second-order valence-electron chi connectivity index (χ2n) is 8.97. The monoisotopic (exact) mass is 582 g/mol. The number of Topliss-reactive ketones (excluding diaryl/α,β-unsaturated/α-hetero) is 1. The summed E-state index contributed by atoms with van der Waals surface area (Å²) in [5, 5.41) is 11.0. The van der Waals surface area contributed by atoms with Gasteiger partial charge in [-0.1, -0.05) is 42.5 Å². The second kappa shape index (κ2) is 12.5. The molecule has 1 fully saturated rings. The van der Waals surface area contributed by atoms with E-state index in [2.05, 4.69) is 37.2 Å². The predicted molar refractivity (Wildman–Crippen MR) is 142 cm³/mol. The largest absolute Gasteiger partial charge is 0.450 e. The number of nitrogens with one attached hydrogen (secondary N) is 4. The van der Waals surface area contributed by atoms with Crippen molar-refractivity contribution >= 4 is 56.3 Å². The third-order valence-corrected chi connectivity index (χ3v) is 6.84. The zero-order valence-corrected chi connectivity index (χ0v) is 22.0. The Kier molecular flexibility index (Phi) is 8.90. The van der Waals surface area contributed by atoms with E-state index in [1.807, 2.05) is 18.2 Å². The number of hydrogen-bond acceptors (Lipinski definition) is 6. The highest BCUT2D eigenvalue weighted by molar-refractivity contribution is 9.10. The van der Waals surface area contributed by atoms with Gasteiger partial charge in [-0.3, -0.25) is 24.0 Å². The molecule has 198 valence electrons. The molecule has 1 aromatic heterocycles. The van der Waals surface area contributed by atoms with Crippen molar-refractivity contribution < 1.29 is 28.4 Å². The average molecular weight is 583 g/mol. The lowest BCUT2D eigenvalue weighted by Crippen LogP contribution is -2.52. The highest BCUT2D eigenvalue weighted by Gasteiger charge is 2.33. The van der Waals surface area contributed by atoms with Crippen LogP contribution in [-0.2, 0) is 25.7 Å². The summed E-state index contributed by atoms with van der Waals surface area (Å²) in [5.74, 6) is -3.75. The molecule has 3 aromatic rings. The van der Waals surface area contributed by atoms with E-state index >= 15 is 0 Å². The summed E-state index contributed by atoms with van der Waals surface area (Å²) < 4.78 is 6.26. The van der Waals surface area contributed by atoms with Gasteiger partial charge in [-0.15, -0.1) is 0 Å². The van der Waals surface area contributed by atoms with Crippen LogP contribution in [0, 0.1) is 5.92 Å². The summed E-state index contributed by atoms with van der Waals surface area (Å²) in [6.07, 6.45) is 1.24. The number of benzene rings is 2. The lowest BCUT2D eigenvalue weighted by molar-refractivity contribution is -0.141. The first-order valence-corrected chi connectivity index (χ1v) is 13.0. The Bertz CT molecular complexity index is 1360. The molecule has 4 N–H and O–H groups in total. The van der Waals surface area contributed by atoms with Crippen molar-refractivity contribution in [3.8, 4) is 0 Å². The molecule has 4 amide bonds. The summed E-state index contributed by atoms with van der Waals surface area (Å²) in [6, 6.07) is 14.8. The molecule has 0 unspecified atom stereocenters. The minimum absolute atomic E-state index is 0.0199. The van der Waals surface area contributed by atoms with Crippen molar-refractivity contribution in [2.75, 3.05) is 13.1 Å². The highest BCUT2D eigenvalue weighted by Crippen LogP contribution is 2.26. The normalized spacial score (nSPS) is 15.8. The molecular weight excluding hydrogens is 556 g/mol. The molecule has 2 aromatic carbocycles. The number of amides is 4. The van der Waals surface area contributed by atoms with Gasteiger partial charge in [0, 0.05) is 24.4 Å². The van der Waals surface area contributed by atoms with Gasteiger partial charge < -0.3 is 25.7 Å². The van der Waals surface area contributed by atoms with Gasteiger partial charge in [0.1, 0.15) is 5.58 Å². The van der Waals surface area contributed by atoms with Gasteiger partial charge in [0.15, 0.2) is 5.76 Å². The summed E-state index contributed by atoms with van der Waals surface area (Å²) in [7, 11) is 0. The Morgan fingerprint density at radius 2 is 1.84 bits per heavy atom. The number of furan rings is 1. The highest BCUT2D eigenvalue weighted by atomic mass is 79.9. The molecule has 2 heterocycles. The molecule has 10 nitrogen and oxygen atoms in total. The van der Waals surface area contributed by atoms with E-state index in [1.54, 1.807) is 36.4 Å². The summed E-state index contributed by atoms with van der Waals surface area (Å²) in [6.45, 7) is 0.227. The zero-order valence-electron chi connectivity index (χ0n) is 20.4. The van der Waals surface area contributed by atoms with Gasteiger partial charge in [-0.05, 0) is 52.9 Å². The van der Waals surface area contributed by atoms with E-state index in [-0.39, 0.29) is 24.6 Å². The Morgan fingerprint density at radius 1 is 1.05 bits per heavy atom. The van der Waals surface area contributed by atoms with Crippen molar-refractivity contribution in [3.05, 3.63) is 70.4 Å². The molecule has 11 heteroatoms. The first kappa shape index (κ1) is 27.1. The van der Waals surface area contributed by atoms with Crippen molar-refractivity contribution in [1.29, 1.82) is 0 Å². The molecule has 0 bridgehead atoms.